The lowest BCUT2D eigenvalue weighted by molar-refractivity contribution is -0.890. The van der Waals surface area contributed by atoms with Crippen molar-refractivity contribution in [3.63, 3.8) is 0 Å². The number of halogens is 1. The van der Waals surface area contributed by atoms with Crippen LogP contribution in [0, 0.1) is 0 Å². The Bertz CT molecular complexity index is 212. The third-order valence-corrected chi connectivity index (χ3v) is 5.23. The molecule has 0 aromatic carbocycles. The Morgan fingerprint density at radius 2 is 0.680 bits per heavy atom. The van der Waals surface area contributed by atoms with Crippen LogP contribution in [0.25, 0.3) is 0 Å². The third-order valence-electron chi connectivity index (χ3n) is 5.23. The number of hydrogen-bond acceptors (Lipinski definition) is 0. The lowest BCUT2D eigenvalue weighted by atomic mass is 10.1. The van der Waals surface area contributed by atoms with Crippen LogP contribution < -0.4 is 12.4 Å². The zero-order chi connectivity index (χ0) is 17.2. The third kappa shape index (κ3) is 24.2. The van der Waals surface area contributed by atoms with Gasteiger partial charge in [-0.2, -0.15) is 0 Å². The molecule has 0 amide bonds. The first kappa shape index (κ1) is 30.0. The Morgan fingerprint density at radius 1 is 0.440 bits per heavy atom. The number of hydrogen-bond donors (Lipinski definition) is 0. The van der Waals surface area contributed by atoms with Gasteiger partial charge in [-0.25, -0.2) is 0 Å². The first-order chi connectivity index (χ1) is 11.1. The number of unbranched alkanes of at least 4 members (excludes halogenated alkanes) is 14. The summed E-state index contributed by atoms with van der Waals surface area (Å²) in [5.74, 6) is 0. The van der Waals surface area contributed by atoms with E-state index in [1.165, 1.54) is 120 Å². The highest BCUT2D eigenvalue weighted by Crippen LogP contribution is 2.13. The van der Waals surface area contributed by atoms with Crippen LogP contribution in [0.15, 0.2) is 0 Å². The monoisotopic (exact) mass is 379 g/mol. The Hall–Kier alpha value is 0.210. The van der Waals surface area contributed by atoms with E-state index in [-0.39, 0.29) is 17.9 Å². The van der Waals surface area contributed by atoms with Crippen LogP contribution in [0.3, 0.4) is 0 Å². The molecule has 2 N–H and O–H groups in total. The highest BCUT2D eigenvalue weighted by Gasteiger charge is 2.13. The van der Waals surface area contributed by atoms with Crippen molar-refractivity contribution in [2.24, 2.45) is 0 Å². The van der Waals surface area contributed by atoms with E-state index < -0.39 is 0 Å². The molecule has 0 atom stereocenters. The Balaban J connectivity index is -0.00000242. The molecular formula is C22H50ClNO. The summed E-state index contributed by atoms with van der Waals surface area (Å²) in [7, 11) is 4.87. The van der Waals surface area contributed by atoms with E-state index in [2.05, 4.69) is 27.9 Å². The van der Waals surface area contributed by atoms with E-state index in [1.807, 2.05) is 0 Å². The number of quaternary nitrogens is 1. The average Bonchev–Trinajstić information content (AvgIpc) is 2.52. The van der Waals surface area contributed by atoms with Gasteiger partial charge in [0.1, 0.15) is 0 Å². The molecular weight excluding hydrogens is 330 g/mol. The Morgan fingerprint density at radius 3 is 0.960 bits per heavy atom. The van der Waals surface area contributed by atoms with Crippen molar-refractivity contribution in [2.75, 3.05) is 27.2 Å². The first-order valence-corrected chi connectivity index (χ1v) is 10.9. The standard InChI is InChI=1S/C22H48N.ClH.H2O/c1-5-7-9-11-13-15-17-19-21-23(3,4)22-20-18-16-14-12-10-8-6-2;;/h5-22H2,1-4H3;1H;1H2/q+1;;/p-1. The first-order valence-electron chi connectivity index (χ1n) is 10.9. The van der Waals surface area contributed by atoms with Crippen molar-refractivity contribution in [1.82, 2.24) is 0 Å². The fourth-order valence-electron chi connectivity index (χ4n) is 3.46. The van der Waals surface area contributed by atoms with Gasteiger partial charge in [0.25, 0.3) is 0 Å². The van der Waals surface area contributed by atoms with Gasteiger partial charge in [-0.05, 0) is 25.7 Å². The van der Waals surface area contributed by atoms with Gasteiger partial charge in [0.15, 0.2) is 0 Å². The summed E-state index contributed by atoms with van der Waals surface area (Å²) in [5, 5.41) is 0. The Kier molecular flexibility index (Phi) is 26.7. The fraction of sp³-hybridized carbons (Fsp3) is 1.00. The molecule has 0 fully saturated rings. The van der Waals surface area contributed by atoms with Crippen molar-refractivity contribution in [3.05, 3.63) is 0 Å². The quantitative estimate of drug-likeness (QED) is 0.258. The van der Waals surface area contributed by atoms with Gasteiger partial charge in [0.05, 0.1) is 27.2 Å². The summed E-state index contributed by atoms with van der Waals surface area (Å²) in [5.41, 5.74) is 0. The predicted molar refractivity (Wildman–Crippen MR) is 111 cm³/mol. The molecule has 0 saturated heterocycles. The van der Waals surface area contributed by atoms with E-state index in [0.29, 0.717) is 0 Å². The zero-order valence-corrected chi connectivity index (χ0v) is 18.8. The van der Waals surface area contributed by atoms with Gasteiger partial charge in [0, 0.05) is 0 Å². The van der Waals surface area contributed by atoms with Crippen LogP contribution in [0.1, 0.15) is 117 Å². The molecule has 0 aromatic heterocycles. The van der Waals surface area contributed by atoms with Gasteiger partial charge in [0.2, 0.25) is 0 Å². The summed E-state index contributed by atoms with van der Waals surface area (Å²) in [4.78, 5) is 0. The zero-order valence-electron chi connectivity index (χ0n) is 18.1. The summed E-state index contributed by atoms with van der Waals surface area (Å²) in [6.07, 6.45) is 23.0. The highest BCUT2D eigenvalue weighted by atomic mass is 35.5. The maximum Gasteiger partial charge on any atom is 0.0782 e. The van der Waals surface area contributed by atoms with E-state index in [1.54, 1.807) is 0 Å². The van der Waals surface area contributed by atoms with Gasteiger partial charge >= 0.3 is 0 Å². The molecule has 0 bridgehead atoms. The second-order valence-electron chi connectivity index (χ2n) is 8.33. The van der Waals surface area contributed by atoms with Crippen LogP contribution in [0.2, 0.25) is 0 Å². The molecule has 0 unspecified atom stereocenters. The molecule has 0 aliphatic carbocycles. The number of rotatable bonds is 18. The van der Waals surface area contributed by atoms with Gasteiger partial charge < -0.3 is 22.4 Å². The van der Waals surface area contributed by atoms with Crippen molar-refractivity contribution in [1.29, 1.82) is 0 Å². The lowest BCUT2D eigenvalue weighted by Crippen LogP contribution is -3.00. The van der Waals surface area contributed by atoms with E-state index >= 15 is 0 Å². The molecule has 0 saturated carbocycles. The minimum Gasteiger partial charge on any atom is -1.00 e. The maximum atomic E-state index is 2.43. The van der Waals surface area contributed by atoms with E-state index in [9.17, 15) is 0 Å². The number of nitrogens with zero attached hydrogens (tertiary/aromatic N) is 1. The minimum absolute atomic E-state index is 0. The highest BCUT2D eigenvalue weighted by molar-refractivity contribution is 4.48. The molecule has 3 heteroatoms. The molecule has 0 rings (SSSR count). The maximum absolute atomic E-state index is 2.43. The minimum atomic E-state index is 0. The molecule has 0 heterocycles. The fourth-order valence-corrected chi connectivity index (χ4v) is 3.46. The van der Waals surface area contributed by atoms with Crippen LogP contribution in [-0.2, 0) is 0 Å². The van der Waals surface area contributed by atoms with Crippen LogP contribution in [0.4, 0.5) is 0 Å². The molecule has 0 aliphatic rings. The largest absolute Gasteiger partial charge is 1.00 e. The van der Waals surface area contributed by atoms with Crippen molar-refractivity contribution in [3.8, 4) is 0 Å². The summed E-state index contributed by atoms with van der Waals surface area (Å²) < 4.78 is 1.24. The average molecular weight is 380 g/mol. The molecule has 25 heavy (non-hydrogen) atoms. The van der Waals surface area contributed by atoms with E-state index in [0.717, 1.165) is 0 Å². The van der Waals surface area contributed by atoms with E-state index in [4.69, 9.17) is 0 Å². The van der Waals surface area contributed by atoms with Gasteiger partial charge in [-0.15, -0.1) is 0 Å². The molecule has 0 aromatic rings. The molecule has 0 aliphatic heterocycles. The molecule has 156 valence electrons. The van der Waals surface area contributed by atoms with Gasteiger partial charge in [-0.3, -0.25) is 0 Å². The SMILES string of the molecule is CCCCCCCCCC[N+](C)(C)CCCCCCCCCC.O.[Cl-]. The van der Waals surface area contributed by atoms with Crippen molar-refractivity contribution >= 4 is 0 Å². The smallest absolute Gasteiger partial charge is 0.0782 e. The normalized spacial score (nSPS) is 11.0. The predicted octanol–water partition coefficient (Wildman–Crippen LogP) is 3.52. The van der Waals surface area contributed by atoms with Crippen LogP contribution in [0.5, 0.6) is 0 Å². The van der Waals surface area contributed by atoms with Crippen LogP contribution in [-0.4, -0.2) is 37.1 Å². The van der Waals surface area contributed by atoms with Gasteiger partial charge in [-0.1, -0.05) is 90.9 Å². The summed E-state index contributed by atoms with van der Waals surface area (Å²) in [6, 6.07) is 0. The molecule has 0 spiro atoms. The second-order valence-corrected chi connectivity index (χ2v) is 8.33. The Labute approximate surface area is 166 Å². The van der Waals surface area contributed by atoms with Crippen LogP contribution >= 0.6 is 0 Å². The summed E-state index contributed by atoms with van der Waals surface area (Å²) >= 11 is 0. The molecule has 2 nitrogen and oxygen atoms in total. The second kappa shape index (κ2) is 22.3. The summed E-state index contributed by atoms with van der Waals surface area (Å²) in [6.45, 7) is 7.36. The molecule has 0 radical (unpaired) electrons. The van der Waals surface area contributed by atoms with Crippen molar-refractivity contribution < 1.29 is 22.4 Å². The topological polar surface area (TPSA) is 31.5 Å². The lowest BCUT2D eigenvalue weighted by Gasteiger charge is -2.30. The van der Waals surface area contributed by atoms with Crippen molar-refractivity contribution in [2.45, 2.75) is 117 Å².